The van der Waals surface area contributed by atoms with Crippen LogP contribution in [0, 0.1) is 5.82 Å². The number of halogens is 1. The van der Waals surface area contributed by atoms with Crippen LogP contribution in [0.15, 0.2) is 66.9 Å². The number of carbonyl (C=O) groups is 1. The molecule has 0 radical (unpaired) electrons. The van der Waals surface area contributed by atoms with Crippen molar-refractivity contribution in [3.05, 3.63) is 83.9 Å². The lowest BCUT2D eigenvalue weighted by Crippen LogP contribution is -2.15. The van der Waals surface area contributed by atoms with Crippen LogP contribution in [0.2, 0.25) is 0 Å². The van der Waals surface area contributed by atoms with E-state index in [1.54, 1.807) is 42.5 Å². The van der Waals surface area contributed by atoms with E-state index < -0.39 is 0 Å². The highest BCUT2D eigenvalue weighted by Gasteiger charge is 2.11. The smallest absolute Gasteiger partial charge is 0.274 e. The zero-order valence-corrected chi connectivity index (χ0v) is 14.9. The Labute approximate surface area is 157 Å². The second-order valence-electron chi connectivity index (χ2n) is 5.76. The number of pyridine rings is 1. The first kappa shape index (κ1) is 18.4. The molecule has 27 heavy (non-hydrogen) atoms. The van der Waals surface area contributed by atoms with E-state index in [1.807, 2.05) is 19.1 Å². The molecule has 1 heterocycles. The number of anilines is 2. The lowest BCUT2D eigenvalue weighted by Gasteiger charge is -2.12. The number of nitrogens with zero attached hydrogens (tertiary/aromatic N) is 1. The molecule has 0 saturated carbocycles. The Bertz CT molecular complexity index is 931. The molecule has 1 aromatic heterocycles. The highest BCUT2D eigenvalue weighted by molar-refractivity contribution is 6.04. The fourth-order valence-electron chi connectivity index (χ4n) is 2.54. The number of nitrogens with one attached hydrogen (secondary N) is 2. The largest absolute Gasteiger partial charge is 0.492 e. The van der Waals surface area contributed by atoms with Crippen molar-refractivity contribution in [2.24, 2.45) is 0 Å². The number of carbonyl (C=O) groups excluding carboxylic acids is 1. The number of benzene rings is 2. The Morgan fingerprint density at radius 2 is 1.89 bits per heavy atom. The normalized spacial score (nSPS) is 10.3. The molecular formula is C21H20FN3O2. The Kier molecular flexibility index (Phi) is 5.99. The van der Waals surface area contributed by atoms with Gasteiger partial charge < -0.3 is 15.4 Å². The van der Waals surface area contributed by atoms with Crippen molar-refractivity contribution in [3.63, 3.8) is 0 Å². The third-order valence-corrected chi connectivity index (χ3v) is 3.87. The first-order chi connectivity index (χ1) is 13.2. The number of ether oxygens (including phenoxy) is 1. The Hall–Kier alpha value is -3.41. The van der Waals surface area contributed by atoms with Gasteiger partial charge in [-0.2, -0.15) is 0 Å². The van der Waals surface area contributed by atoms with Gasteiger partial charge in [0.1, 0.15) is 17.3 Å². The van der Waals surface area contributed by atoms with Gasteiger partial charge in [-0.05, 0) is 37.3 Å². The summed E-state index contributed by atoms with van der Waals surface area (Å²) in [6, 6.07) is 17.1. The minimum atomic E-state index is -0.350. The summed E-state index contributed by atoms with van der Waals surface area (Å²) >= 11 is 0. The highest BCUT2D eigenvalue weighted by Crippen LogP contribution is 2.24. The van der Waals surface area contributed by atoms with E-state index in [2.05, 4.69) is 15.6 Å². The second-order valence-corrected chi connectivity index (χ2v) is 5.76. The first-order valence-corrected chi connectivity index (χ1v) is 8.64. The molecule has 5 nitrogen and oxygen atoms in total. The lowest BCUT2D eigenvalue weighted by atomic mass is 10.2. The molecule has 138 valence electrons. The van der Waals surface area contributed by atoms with Gasteiger partial charge in [0.05, 0.1) is 12.3 Å². The summed E-state index contributed by atoms with van der Waals surface area (Å²) in [5, 5.41) is 5.92. The maximum absolute atomic E-state index is 13.7. The van der Waals surface area contributed by atoms with Crippen LogP contribution in [-0.4, -0.2) is 17.5 Å². The summed E-state index contributed by atoms with van der Waals surface area (Å²) in [5.41, 5.74) is 2.05. The number of amides is 1. The van der Waals surface area contributed by atoms with E-state index >= 15 is 0 Å². The molecule has 0 aliphatic rings. The maximum atomic E-state index is 13.7. The van der Waals surface area contributed by atoms with Gasteiger partial charge in [-0.15, -0.1) is 0 Å². The van der Waals surface area contributed by atoms with Gasteiger partial charge in [-0.3, -0.25) is 9.78 Å². The van der Waals surface area contributed by atoms with Crippen molar-refractivity contribution >= 4 is 17.3 Å². The fraction of sp³-hybridized carbons (Fsp3) is 0.143. The zero-order chi connectivity index (χ0) is 19.1. The Balaban J connectivity index is 1.70. The van der Waals surface area contributed by atoms with Gasteiger partial charge >= 0.3 is 0 Å². The highest BCUT2D eigenvalue weighted by atomic mass is 19.1. The maximum Gasteiger partial charge on any atom is 0.274 e. The van der Waals surface area contributed by atoms with Gasteiger partial charge in [0.25, 0.3) is 5.91 Å². The molecule has 1 amide bonds. The second kappa shape index (κ2) is 8.80. The van der Waals surface area contributed by atoms with Crippen LogP contribution in [0.5, 0.6) is 5.75 Å². The number of aromatic nitrogens is 1. The van der Waals surface area contributed by atoms with E-state index in [0.717, 1.165) is 0 Å². The van der Waals surface area contributed by atoms with Gasteiger partial charge in [0.2, 0.25) is 0 Å². The number of para-hydroxylation sites is 2. The first-order valence-electron chi connectivity index (χ1n) is 8.64. The molecule has 0 unspecified atom stereocenters. The van der Waals surface area contributed by atoms with Crippen molar-refractivity contribution in [2.75, 3.05) is 17.2 Å². The topological polar surface area (TPSA) is 63.2 Å². The minimum absolute atomic E-state index is 0.250. The van der Waals surface area contributed by atoms with Crippen LogP contribution in [0.1, 0.15) is 23.0 Å². The molecule has 2 N–H and O–H groups in total. The monoisotopic (exact) mass is 365 g/mol. The predicted octanol–water partition coefficient (Wildman–Crippen LogP) is 4.48. The summed E-state index contributed by atoms with van der Waals surface area (Å²) in [6.07, 6.45) is 1.53. The number of hydrogen-bond acceptors (Lipinski definition) is 4. The molecule has 0 saturated heterocycles. The van der Waals surface area contributed by atoms with E-state index in [1.165, 1.54) is 12.3 Å². The molecule has 0 aliphatic carbocycles. The molecule has 0 bridgehead atoms. The third kappa shape index (κ3) is 4.82. The van der Waals surface area contributed by atoms with Crippen molar-refractivity contribution in [2.45, 2.75) is 13.5 Å². The Morgan fingerprint density at radius 3 is 2.70 bits per heavy atom. The summed E-state index contributed by atoms with van der Waals surface area (Å²) in [4.78, 5) is 16.7. The quantitative estimate of drug-likeness (QED) is 0.648. The van der Waals surface area contributed by atoms with Gasteiger partial charge in [-0.1, -0.05) is 30.3 Å². The molecule has 2 aromatic carbocycles. The van der Waals surface area contributed by atoms with Crippen molar-refractivity contribution in [1.29, 1.82) is 0 Å². The number of rotatable bonds is 7. The van der Waals surface area contributed by atoms with E-state index in [0.29, 0.717) is 35.8 Å². The molecule has 0 spiro atoms. The third-order valence-electron chi connectivity index (χ3n) is 3.87. The summed E-state index contributed by atoms with van der Waals surface area (Å²) < 4.78 is 19.2. The number of hydrogen-bond donors (Lipinski definition) is 2. The molecule has 3 rings (SSSR count). The summed E-state index contributed by atoms with van der Waals surface area (Å²) in [5.74, 6) is -0.0246. The SMILES string of the molecule is CCOc1ccccc1NC(=O)c1cc(NCc2ccccc2F)ccn1. The van der Waals surface area contributed by atoms with Crippen molar-refractivity contribution in [3.8, 4) is 5.75 Å². The molecule has 0 atom stereocenters. The minimum Gasteiger partial charge on any atom is -0.492 e. The van der Waals surface area contributed by atoms with Crippen LogP contribution in [0.25, 0.3) is 0 Å². The van der Waals surface area contributed by atoms with Crippen LogP contribution < -0.4 is 15.4 Å². The standard InChI is InChI=1S/C21H20FN3O2/c1-2-27-20-10-6-5-9-18(20)25-21(26)19-13-16(11-12-23-19)24-14-15-7-3-4-8-17(15)22/h3-13H,2,14H2,1H3,(H,23,24)(H,25,26). The van der Waals surface area contributed by atoms with Crippen molar-refractivity contribution < 1.29 is 13.9 Å². The average Bonchev–Trinajstić information content (AvgIpc) is 2.69. The summed E-state index contributed by atoms with van der Waals surface area (Å²) in [6.45, 7) is 2.69. The molecular weight excluding hydrogens is 345 g/mol. The average molecular weight is 365 g/mol. The van der Waals surface area contributed by atoms with E-state index in [-0.39, 0.29) is 17.4 Å². The van der Waals surface area contributed by atoms with Gasteiger partial charge in [0.15, 0.2) is 0 Å². The van der Waals surface area contributed by atoms with Gasteiger partial charge in [0, 0.05) is 24.0 Å². The molecule has 6 heteroatoms. The van der Waals surface area contributed by atoms with Crippen LogP contribution in [-0.2, 0) is 6.54 Å². The van der Waals surface area contributed by atoms with Crippen LogP contribution in [0.4, 0.5) is 15.8 Å². The summed E-state index contributed by atoms with van der Waals surface area (Å²) in [7, 11) is 0. The van der Waals surface area contributed by atoms with E-state index in [4.69, 9.17) is 4.74 Å². The zero-order valence-electron chi connectivity index (χ0n) is 14.9. The van der Waals surface area contributed by atoms with Crippen molar-refractivity contribution in [1.82, 2.24) is 4.98 Å². The van der Waals surface area contributed by atoms with Gasteiger partial charge in [-0.25, -0.2) is 4.39 Å². The van der Waals surface area contributed by atoms with Crippen LogP contribution >= 0.6 is 0 Å². The predicted molar refractivity (Wildman–Crippen MR) is 104 cm³/mol. The molecule has 3 aromatic rings. The van der Waals surface area contributed by atoms with E-state index in [9.17, 15) is 9.18 Å². The van der Waals surface area contributed by atoms with Crippen LogP contribution in [0.3, 0.4) is 0 Å². The Morgan fingerprint density at radius 1 is 1.11 bits per heavy atom. The fourth-order valence-corrected chi connectivity index (χ4v) is 2.54. The molecule has 0 aliphatic heterocycles. The lowest BCUT2D eigenvalue weighted by molar-refractivity contribution is 0.102. The molecule has 0 fully saturated rings.